The summed E-state index contributed by atoms with van der Waals surface area (Å²) in [6, 6.07) is 3.63. The van der Waals surface area contributed by atoms with Crippen LogP contribution in [0.2, 0.25) is 0 Å². The number of pyridine rings is 1. The van der Waals surface area contributed by atoms with E-state index in [4.69, 9.17) is 18.9 Å². The van der Waals surface area contributed by atoms with Crippen molar-refractivity contribution < 1.29 is 54.9 Å². The van der Waals surface area contributed by atoms with E-state index in [9.17, 15) is 36.0 Å². The van der Waals surface area contributed by atoms with E-state index >= 15 is 0 Å². The zero-order chi connectivity index (χ0) is 43.1. The molecular formula is C41H56F3N5O9S. The van der Waals surface area contributed by atoms with Gasteiger partial charge in [0, 0.05) is 42.2 Å². The van der Waals surface area contributed by atoms with Crippen LogP contribution >= 0.6 is 0 Å². The number of nitrogens with one attached hydrogen (secondary N) is 3. The molecule has 1 aromatic carbocycles. The van der Waals surface area contributed by atoms with Gasteiger partial charge in [0.05, 0.1) is 30.7 Å². The van der Waals surface area contributed by atoms with Crippen LogP contribution in [0, 0.1) is 17.8 Å². The van der Waals surface area contributed by atoms with E-state index in [1.54, 1.807) is 24.0 Å². The first-order valence-electron chi connectivity index (χ1n) is 20.2. The van der Waals surface area contributed by atoms with Crippen LogP contribution < -0.4 is 29.6 Å². The molecule has 2 aliphatic heterocycles. The highest BCUT2D eigenvalue weighted by atomic mass is 32.2. The average Bonchev–Trinajstić information content (AvgIpc) is 4.03. The van der Waals surface area contributed by atoms with Gasteiger partial charge in [-0.05, 0) is 96.3 Å². The molecule has 2 aromatic rings. The predicted molar refractivity (Wildman–Crippen MR) is 212 cm³/mol. The number of nitrogens with zero attached hydrogens (tertiary/aromatic N) is 2. The van der Waals surface area contributed by atoms with Gasteiger partial charge in [-0.15, -0.1) is 0 Å². The Morgan fingerprint density at radius 3 is 2.49 bits per heavy atom. The van der Waals surface area contributed by atoms with E-state index < -0.39 is 74.1 Å². The summed E-state index contributed by atoms with van der Waals surface area (Å²) in [4.78, 5) is 48.0. The molecule has 2 saturated carbocycles. The summed E-state index contributed by atoms with van der Waals surface area (Å²) in [7, 11) is -2.51. The maximum Gasteiger partial charge on any atom is 0.427 e. The van der Waals surface area contributed by atoms with E-state index in [-0.39, 0.29) is 43.6 Å². The third-order valence-electron chi connectivity index (χ3n) is 12.3. The lowest BCUT2D eigenvalue weighted by Crippen LogP contribution is -2.58. The second-order valence-corrected chi connectivity index (χ2v) is 19.5. The van der Waals surface area contributed by atoms with Gasteiger partial charge < -0.3 is 29.6 Å². The van der Waals surface area contributed by atoms with E-state index in [0.717, 1.165) is 20.3 Å². The van der Waals surface area contributed by atoms with Crippen molar-refractivity contribution in [2.45, 2.75) is 127 Å². The summed E-state index contributed by atoms with van der Waals surface area (Å²) in [5.41, 5.74) is -4.31. The number of rotatable bonds is 10. The first-order valence-corrected chi connectivity index (χ1v) is 21.7. The van der Waals surface area contributed by atoms with Crippen LogP contribution in [0.3, 0.4) is 0 Å². The van der Waals surface area contributed by atoms with Crippen LogP contribution in [0.1, 0.15) is 86.5 Å². The van der Waals surface area contributed by atoms with Crippen molar-refractivity contribution in [3.63, 3.8) is 0 Å². The lowest BCUT2D eigenvalue weighted by atomic mass is 9.88. The Morgan fingerprint density at radius 1 is 1.10 bits per heavy atom. The van der Waals surface area contributed by atoms with E-state index in [1.807, 2.05) is 39.0 Å². The number of methoxy groups -OCH3 is 1. The van der Waals surface area contributed by atoms with Crippen LogP contribution in [0.4, 0.5) is 18.0 Å². The fraction of sp³-hybridized carbons (Fsp3) is 0.659. The molecular weight excluding hydrogens is 796 g/mol. The van der Waals surface area contributed by atoms with Crippen LogP contribution in [0.15, 0.2) is 36.5 Å². The van der Waals surface area contributed by atoms with Crippen LogP contribution in [-0.4, -0.2) is 103 Å². The van der Waals surface area contributed by atoms with Gasteiger partial charge in [0.2, 0.25) is 27.4 Å². The third kappa shape index (κ3) is 9.53. The molecule has 0 unspecified atom stereocenters. The highest BCUT2D eigenvalue weighted by molar-refractivity contribution is 7.91. The van der Waals surface area contributed by atoms with Crippen molar-refractivity contribution in [2.75, 3.05) is 26.8 Å². The largest absolute Gasteiger partial charge is 0.494 e. The number of benzene rings is 1. The highest BCUT2D eigenvalue weighted by Gasteiger charge is 2.63. The Morgan fingerprint density at radius 2 is 1.83 bits per heavy atom. The summed E-state index contributed by atoms with van der Waals surface area (Å²) >= 11 is 0. The van der Waals surface area contributed by atoms with E-state index in [1.165, 1.54) is 13.3 Å². The smallest absolute Gasteiger partial charge is 0.427 e. The summed E-state index contributed by atoms with van der Waals surface area (Å²) in [6.45, 7) is 9.50. The molecule has 0 bridgehead atoms. The van der Waals surface area contributed by atoms with E-state index in [0.29, 0.717) is 54.6 Å². The molecule has 18 heteroatoms. The van der Waals surface area contributed by atoms with Crippen molar-refractivity contribution in [2.24, 2.45) is 17.8 Å². The molecule has 0 radical (unpaired) electrons. The molecule has 6 rings (SSSR count). The molecule has 3 amide bonds. The lowest BCUT2D eigenvalue weighted by molar-refractivity contribution is -0.244. The Balaban J connectivity index is 1.33. The number of carbonyl (C=O) groups excluding carboxylic acids is 3. The monoisotopic (exact) mass is 851 g/mol. The Labute approximate surface area is 343 Å². The highest BCUT2D eigenvalue weighted by Crippen LogP contribution is 2.48. The van der Waals surface area contributed by atoms with Gasteiger partial charge in [0.15, 0.2) is 0 Å². The second-order valence-electron chi connectivity index (χ2n) is 17.3. The number of halogens is 3. The van der Waals surface area contributed by atoms with Crippen molar-refractivity contribution in [3.05, 3.63) is 36.5 Å². The Hall–Kier alpha value is -4.32. The molecule has 59 heavy (non-hydrogen) atoms. The van der Waals surface area contributed by atoms with Crippen LogP contribution in [0.25, 0.3) is 10.8 Å². The first-order chi connectivity index (χ1) is 27.6. The summed E-state index contributed by atoms with van der Waals surface area (Å²) in [5.74, 6) is -0.653. The van der Waals surface area contributed by atoms with Gasteiger partial charge in [-0.25, -0.2) is 18.2 Å². The molecule has 3 N–H and O–H groups in total. The summed E-state index contributed by atoms with van der Waals surface area (Å²) < 4.78 is 91.6. The lowest BCUT2D eigenvalue weighted by Gasteiger charge is -2.34. The van der Waals surface area contributed by atoms with Gasteiger partial charge in [-0.3, -0.25) is 19.2 Å². The fourth-order valence-corrected chi connectivity index (χ4v) is 9.29. The zero-order valence-electron chi connectivity index (χ0n) is 34.6. The first kappa shape index (κ1) is 44.2. The third-order valence-corrected chi connectivity index (χ3v) is 14.4. The number of amides is 3. The molecule has 4 aliphatic rings. The number of fused-ring (bicyclic) bond motifs is 3. The molecule has 2 aliphatic carbocycles. The number of alkyl halides is 3. The molecule has 1 saturated heterocycles. The number of carbonyl (C=O) groups is 3. The summed E-state index contributed by atoms with van der Waals surface area (Å²) in [5, 5.41) is 6.91. The number of alkyl carbamates (subject to hydrolysis) is 1. The Bertz CT molecular complexity index is 2060. The SMILES string of the molecule is CCOc1ccc2c(O[C@@H]3C[C@H]4C(=O)N[C@]5(C(=O)NS(=O)(=O)C6(C)CC6)C[C@H]5/C=C\CC[C@H](C)C[C@@H](C)[C@H](NC(=O)OC(C)(C)C(F)(F)F)CN4C3)ncc(OC)c2c1. The van der Waals surface area contributed by atoms with Gasteiger partial charge >= 0.3 is 12.3 Å². The Kier molecular flexibility index (Phi) is 12.5. The molecule has 0 spiro atoms. The fourth-order valence-electron chi connectivity index (χ4n) is 7.98. The number of hydrogen-bond acceptors (Lipinski definition) is 11. The van der Waals surface area contributed by atoms with Crippen LogP contribution in [0.5, 0.6) is 17.4 Å². The number of sulfonamides is 1. The molecule has 326 valence electrons. The maximum absolute atomic E-state index is 14.6. The van der Waals surface area contributed by atoms with Crippen molar-refractivity contribution >= 4 is 38.7 Å². The molecule has 7 atom stereocenters. The number of hydrogen-bond donors (Lipinski definition) is 3. The normalized spacial score (nSPS) is 29.4. The second kappa shape index (κ2) is 16.6. The minimum Gasteiger partial charge on any atom is -0.494 e. The quantitative estimate of drug-likeness (QED) is 0.247. The summed E-state index contributed by atoms with van der Waals surface area (Å²) in [6.07, 6.45) is 1.57. The minimum absolute atomic E-state index is 0.00942. The maximum atomic E-state index is 14.6. The topological polar surface area (TPSA) is 174 Å². The molecule has 1 aromatic heterocycles. The average molecular weight is 852 g/mol. The number of aromatic nitrogens is 1. The molecule has 14 nitrogen and oxygen atoms in total. The molecule has 3 fully saturated rings. The van der Waals surface area contributed by atoms with Crippen molar-refractivity contribution in [1.82, 2.24) is 25.2 Å². The number of ether oxygens (including phenoxy) is 4. The van der Waals surface area contributed by atoms with Crippen molar-refractivity contribution in [1.29, 1.82) is 0 Å². The predicted octanol–water partition coefficient (Wildman–Crippen LogP) is 5.79. The van der Waals surface area contributed by atoms with Gasteiger partial charge in [-0.1, -0.05) is 26.0 Å². The van der Waals surface area contributed by atoms with Gasteiger partial charge in [0.25, 0.3) is 5.91 Å². The van der Waals surface area contributed by atoms with Gasteiger partial charge in [-0.2, -0.15) is 13.2 Å². The van der Waals surface area contributed by atoms with Gasteiger partial charge in [0.1, 0.15) is 23.1 Å². The minimum atomic E-state index is -4.83. The number of allylic oxidation sites excluding steroid dienone is 1. The van der Waals surface area contributed by atoms with Crippen molar-refractivity contribution in [3.8, 4) is 17.4 Å². The zero-order valence-corrected chi connectivity index (χ0v) is 35.4. The van der Waals surface area contributed by atoms with E-state index in [2.05, 4.69) is 20.3 Å². The van der Waals surface area contributed by atoms with Crippen LogP contribution in [-0.2, 0) is 24.3 Å². The standard InChI is InChI=1S/C41H56F3N5O9S/c1-8-56-27-13-14-29-30(18-27)33(55-7)21-45-35(29)57-28-19-32-34(50)47-40(36(51)48-59(53,54)39(6)15-16-39)20-26(40)12-10-9-11-24(2)17-25(3)31(23-49(32)22-28)46-37(52)58-38(4,5)41(42,43)44/h10,12-14,18,21,24-26,28,31-32H,8-9,11,15-17,19-20,22-23H2,1-7H3,(H,46,52)(H,47,50)(H,48,51)/b12-10-/t24-,25+,26+,28+,31+,32-,40+/m0/s1. The molecule has 3 heterocycles.